The molecule has 10 heteroatoms. The number of amides is 2. The Hall–Kier alpha value is -2.98. The molecule has 0 spiro atoms. The number of hydrogen-bond donors (Lipinski definition) is 0. The van der Waals surface area contributed by atoms with E-state index in [1.54, 1.807) is 41.0 Å². The maximum Gasteiger partial charge on any atom is 0.260 e. The first-order valence-electron chi connectivity index (χ1n) is 13.2. The topological polar surface area (TPSA) is 87.2 Å². The standard InChI is InChI=1S/C28H38FN3O5S/c1-3-16-31(38(35,36)19-4-2)21-27(33)32(20-23-10-12-24(29)13-11-23)25-14-17-30(18-15-25)28(34)22-37-26-8-6-5-7-9-26/h5-13,25H,3-4,14-22H2,1-2H3. The monoisotopic (exact) mass is 547 g/mol. The number of sulfonamides is 1. The van der Waals surface area contributed by atoms with Crippen molar-refractivity contribution in [3.05, 3.63) is 66.0 Å². The largest absolute Gasteiger partial charge is 0.484 e. The van der Waals surface area contributed by atoms with E-state index in [4.69, 9.17) is 4.74 Å². The van der Waals surface area contributed by atoms with Gasteiger partial charge in [0.25, 0.3) is 5.91 Å². The van der Waals surface area contributed by atoms with Gasteiger partial charge in [0.05, 0.1) is 12.3 Å². The summed E-state index contributed by atoms with van der Waals surface area (Å²) in [4.78, 5) is 29.7. The minimum absolute atomic E-state index is 0.0101. The fourth-order valence-electron chi connectivity index (χ4n) is 4.58. The zero-order valence-corrected chi connectivity index (χ0v) is 23.0. The lowest BCUT2D eigenvalue weighted by atomic mass is 10.0. The van der Waals surface area contributed by atoms with Crippen LogP contribution in [-0.4, -0.2) is 78.9 Å². The Morgan fingerprint density at radius 1 is 1.00 bits per heavy atom. The SMILES string of the molecule is CCCN(CC(=O)N(Cc1ccc(F)cc1)C1CCN(C(=O)COc2ccccc2)CC1)S(=O)(=O)CCC. The molecule has 2 aromatic carbocycles. The molecule has 0 aliphatic carbocycles. The van der Waals surface area contributed by atoms with Crippen LogP contribution in [0, 0.1) is 5.82 Å². The summed E-state index contributed by atoms with van der Waals surface area (Å²) in [7, 11) is -3.55. The van der Waals surface area contributed by atoms with Gasteiger partial charge in [0.2, 0.25) is 15.9 Å². The van der Waals surface area contributed by atoms with Crippen molar-refractivity contribution in [2.24, 2.45) is 0 Å². The highest BCUT2D eigenvalue weighted by Crippen LogP contribution is 2.21. The summed E-state index contributed by atoms with van der Waals surface area (Å²) >= 11 is 0. The first kappa shape index (κ1) is 29.6. The van der Waals surface area contributed by atoms with Crippen LogP contribution < -0.4 is 4.74 Å². The van der Waals surface area contributed by atoms with Crippen molar-refractivity contribution >= 4 is 21.8 Å². The number of likely N-dealkylation sites (tertiary alicyclic amines) is 1. The molecule has 1 aliphatic rings. The predicted molar refractivity (Wildman–Crippen MR) is 144 cm³/mol. The molecule has 0 N–H and O–H groups in total. The van der Waals surface area contributed by atoms with Gasteiger partial charge in [0.1, 0.15) is 11.6 Å². The third kappa shape index (κ3) is 8.52. The maximum absolute atomic E-state index is 13.6. The predicted octanol–water partition coefficient (Wildman–Crippen LogP) is 3.68. The Kier molecular flexibility index (Phi) is 11.1. The number of para-hydroxylation sites is 1. The van der Waals surface area contributed by atoms with E-state index in [0.717, 1.165) is 5.56 Å². The average molecular weight is 548 g/mol. The number of benzene rings is 2. The van der Waals surface area contributed by atoms with Gasteiger partial charge in [-0.05, 0) is 55.5 Å². The number of halogens is 1. The molecule has 1 aliphatic heterocycles. The van der Waals surface area contributed by atoms with Crippen LogP contribution in [0.25, 0.3) is 0 Å². The number of piperidine rings is 1. The van der Waals surface area contributed by atoms with Gasteiger partial charge in [-0.1, -0.05) is 44.2 Å². The molecule has 38 heavy (non-hydrogen) atoms. The van der Waals surface area contributed by atoms with Crippen molar-refractivity contribution in [3.8, 4) is 5.75 Å². The lowest BCUT2D eigenvalue weighted by Gasteiger charge is -2.39. The fourth-order valence-corrected chi connectivity index (χ4v) is 6.12. The molecule has 2 aromatic rings. The van der Waals surface area contributed by atoms with Gasteiger partial charge < -0.3 is 14.5 Å². The number of rotatable bonds is 13. The van der Waals surface area contributed by atoms with Gasteiger partial charge in [0.15, 0.2) is 6.61 Å². The number of ether oxygens (including phenoxy) is 1. The number of carbonyl (C=O) groups is 2. The van der Waals surface area contributed by atoms with Crippen LogP contribution in [0.5, 0.6) is 5.75 Å². The molecular weight excluding hydrogens is 509 g/mol. The van der Waals surface area contributed by atoms with E-state index in [-0.39, 0.29) is 55.7 Å². The van der Waals surface area contributed by atoms with E-state index in [2.05, 4.69) is 0 Å². The van der Waals surface area contributed by atoms with Crippen LogP contribution >= 0.6 is 0 Å². The van der Waals surface area contributed by atoms with Crippen molar-refractivity contribution in [2.75, 3.05) is 38.5 Å². The van der Waals surface area contributed by atoms with Gasteiger partial charge in [-0.15, -0.1) is 0 Å². The highest BCUT2D eigenvalue weighted by molar-refractivity contribution is 7.89. The van der Waals surface area contributed by atoms with Gasteiger partial charge in [0, 0.05) is 32.2 Å². The Balaban J connectivity index is 1.69. The molecule has 1 fully saturated rings. The molecule has 0 saturated carbocycles. The van der Waals surface area contributed by atoms with E-state index in [0.29, 0.717) is 44.5 Å². The number of nitrogens with zero attached hydrogens (tertiary/aromatic N) is 3. The number of hydrogen-bond acceptors (Lipinski definition) is 5. The first-order chi connectivity index (χ1) is 18.2. The molecular formula is C28H38FN3O5S. The quantitative estimate of drug-likeness (QED) is 0.382. The molecule has 1 saturated heterocycles. The van der Waals surface area contributed by atoms with Gasteiger partial charge in [-0.25, -0.2) is 12.8 Å². The average Bonchev–Trinajstić information content (AvgIpc) is 2.91. The second kappa shape index (κ2) is 14.2. The molecule has 3 rings (SSSR count). The molecule has 8 nitrogen and oxygen atoms in total. The lowest BCUT2D eigenvalue weighted by molar-refractivity contribution is -0.138. The van der Waals surface area contributed by atoms with Crippen LogP contribution in [0.4, 0.5) is 4.39 Å². The molecule has 208 valence electrons. The van der Waals surface area contributed by atoms with Gasteiger partial charge in [-0.3, -0.25) is 9.59 Å². The number of carbonyl (C=O) groups excluding carboxylic acids is 2. The molecule has 0 bridgehead atoms. The molecule has 0 unspecified atom stereocenters. The Morgan fingerprint density at radius 2 is 1.66 bits per heavy atom. The summed E-state index contributed by atoms with van der Waals surface area (Å²) in [5, 5.41) is 0. The zero-order chi connectivity index (χ0) is 27.5. The summed E-state index contributed by atoms with van der Waals surface area (Å²) in [6.45, 7) is 4.81. The van der Waals surface area contributed by atoms with Crippen molar-refractivity contribution in [1.29, 1.82) is 0 Å². The summed E-state index contributed by atoms with van der Waals surface area (Å²) in [6, 6.07) is 14.9. The second-order valence-corrected chi connectivity index (χ2v) is 11.6. The van der Waals surface area contributed by atoms with Crippen molar-refractivity contribution in [2.45, 2.75) is 52.1 Å². The van der Waals surface area contributed by atoms with E-state index < -0.39 is 10.0 Å². The van der Waals surface area contributed by atoms with E-state index in [9.17, 15) is 22.4 Å². The molecule has 0 radical (unpaired) electrons. The van der Waals surface area contributed by atoms with Crippen LogP contribution in [0.1, 0.15) is 45.1 Å². The smallest absolute Gasteiger partial charge is 0.260 e. The van der Waals surface area contributed by atoms with Crippen molar-refractivity contribution in [1.82, 2.24) is 14.1 Å². The highest BCUT2D eigenvalue weighted by atomic mass is 32.2. The summed E-state index contributed by atoms with van der Waals surface area (Å²) in [5.74, 6) is -0.162. The second-order valence-electron chi connectivity index (χ2n) is 9.51. The minimum Gasteiger partial charge on any atom is -0.484 e. The Morgan fingerprint density at radius 3 is 2.26 bits per heavy atom. The Bertz CT molecular complexity index is 1140. The van der Waals surface area contributed by atoms with Crippen LogP contribution in [-0.2, 0) is 26.2 Å². The first-order valence-corrected chi connectivity index (χ1v) is 14.8. The van der Waals surface area contributed by atoms with Crippen LogP contribution in [0.3, 0.4) is 0 Å². The van der Waals surface area contributed by atoms with Crippen LogP contribution in [0.15, 0.2) is 54.6 Å². The van der Waals surface area contributed by atoms with Gasteiger partial charge in [-0.2, -0.15) is 4.31 Å². The minimum atomic E-state index is -3.55. The van der Waals surface area contributed by atoms with Crippen molar-refractivity contribution < 1.29 is 27.1 Å². The molecule has 1 heterocycles. The van der Waals surface area contributed by atoms with Crippen molar-refractivity contribution in [3.63, 3.8) is 0 Å². The zero-order valence-electron chi connectivity index (χ0n) is 22.2. The van der Waals surface area contributed by atoms with E-state index in [1.165, 1.54) is 16.4 Å². The fraction of sp³-hybridized carbons (Fsp3) is 0.500. The Labute approximate surface area is 225 Å². The van der Waals surface area contributed by atoms with Crippen LogP contribution in [0.2, 0.25) is 0 Å². The molecule has 2 amide bonds. The highest BCUT2D eigenvalue weighted by Gasteiger charge is 2.32. The lowest BCUT2D eigenvalue weighted by Crippen LogP contribution is -2.52. The third-order valence-electron chi connectivity index (χ3n) is 6.59. The summed E-state index contributed by atoms with van der Waals surface area (Å²) in [6.07, 6.45) is 2.18. The third-order valence-corrected chi connectivity index (χ3v) is 8.61. The van der Waals surface area contributed by atoms with E-state index >= 15 is 0 Å². The summed E-state index contributed by atoms with van der Waals surface area (Å²) in [5.41, 5.74) is 0.757. The molecule has 0 atom stereocenters. The summed E-state index contributed by atoms with van der Waals surface area (Å²) < 4.78 is 45.9. The van der Waals surface area contributed by atoms with E-state index in [1.807, 2.05) is 25.1 Å². The molecule has 0 aromatic heterocycles. The maximum atomic E-state index is 13.6. The normalized spacial score (nSPS) is 14.5. The van der Waals surface area contributed by atoms with Gasteiger partial charge >= 0.3 is 0 Å².